The number of para-hydroxylation sites is 6. The van der Waals surface area contributed by atoms with Crippen LogP contribution in [0.25, 0.3) is 104 Å². The van der Waals surface area contributed by atoms with Crippen LogP contribution in [0.5, 0.6) is 0 Å². The minimum atomic E-state index is 0.525. The van der Waals surface area contributed by atoms with Crippen molar-refractivity contribution in [3.8, 4) is 33.6 Å². The molecule has 0 aliphatic heterocycles. The summed E-state index contributed by atoms with van der Waals surface area (Å²) in [5.74, 6) is 0. The number of benzene rings is 8. The maximum atomic E-state index is 7.73. The second kappa shape index (κ2) is 11.3. The third kappa shape index (κ3) is 4.29. The molecule has 0 aliphatic rings. The van der Waals surface area contributed by atoms with Crippen molar-refractivity contribution in [3.63, 3.8) is 0 Å². The number of fused-ring (bicyclic) bond motifs is 9. The molecule has 4 nitrogen and oxygen atoms in total. The smallest absolute Gasteiger partial charge is 0.229 e. The normalized spacial score (nSPS) is 11.8. The van der Waals surface area contributed by atoms with Crippen molar-refractivity contribution < 1.29 is 4.42 Å². The van der Waals surface area contributed by atoms with Gasteiger partial charge in [-0.15, -0.1) is 0 Å². The van der Waals surface area contributed by atoms with E-state index in [1.165, 1.54) is 43.7 Å². The van der Waals surface area contributed by atoms with Crippen LogP contribution in [0.2, 0.25) is 0 Å². The van der Waals surface area contributed by atoms with Gasteiger partial charge in [-0.1, -0.05) is 121 Å². The molecule has 3 heterocycles. The van der Waals surface area contributed by atoms with Crippen molar-refractivity contribution in [1.82, 2.24) is 9.13 Å². The maximum absolute atomic E-state index is 7.73. The van der Waals surface area contributed by atoms with Crippen LogP contribution in [0.1, 0.15) is 0 Å². The lowest BCUT2D eigenvalue weighted by molar-refractivity contribution is 0.672. The number of furan rings is 1. The van der Waals surface area contributed by atoms with Crippen LogP contribution >= 0.6 is 0 Å². The maximum Gasteiger partial charge on any atom is 0.229 e. The summed E-state index contributed by atoms with van der Waals surface area (Å²) in [6.45, 7) is 7.73. The Balaban J connectivity index is 1.11. The molecule has 0 atom stereocenters. The van der Waals surface area contributed by atoms with Gasteiger partial charge in [0.05, 0.1) is 34.3 Å². The molecular weight excluding hydrogens is 647 g/mol. The Kier molecular flexibility index (Phi) is 6.28. The molecule has 0 fully saturated rings. The Hall–Kier alpha value is -7.35. The van der Waals surface area contributed by atoms with Crippen LogP contribution < -0.4 is 0 Å². The topological polar surface area (TPSA) is 27.4 Å². The summed E-state index contributed by atoms with van der Waals surface area (Å²) in [4.78, 5) is 3.74. The first-order valence-electron chi connectivity index (χ1n) is 17.8. The summed E-state index contributed by atoms with van der Waals surface area (Å²) in [6.07, 6.45) is 0. The van der Waals surface area contributed by atoms with Crippen molar-refractivity contribution in [2.24, 2.45) is 0 Å². The minimum absolute atomic E-state index is 0.525. The molecule has 0 saturated carbocycles. The van der Waals surface area contributed by atoms with E-state index in [-0.39, 0.29) is 0 Å². The van der Waals surface area contributed by atoms with Gasteiger partial charge in [0.2, 0.25) is 5.69 Å². The standard InChI is InChI=1S/C49H29N3O/c1-50-42-21-12-20-39-38-19-11-18-37(48(38)53-49(39)42)34-15-5-9-23-44(34)52-45-24-10-7-17-36(45)41-30-32(26-28-47(41)52)31-25-27-46-40(29-31)35-16-6-8-22-43(35)51(46)33-13-3-2-4-14-33/h2-30H. The molecule has 0 radical (unpaired) electrons. The molecule has 0 N–H and O–H groups in total. The molecule has 53 heavy (non-hydrogen) atoms. The van der Waals surface area contributed by atoms with Gasteiger partial charge in [0.1, 0.15) is 11.2 Å². The molecule has 0 aliphatic carbocycles. The highest BCUT2D eigenvalue weighted by Gasteiger charge is 2.20. The summed E-state index contributed by atoms with van der Waals surface area (Å²) in [5, 5.41) is 6.84. The molecule has 0 amide bonds. The van der Waals surface area contributed by atoms with E-state index >= 15 is 0 Å². The monoisotopic (exact) mass is 675 g/mol. The van der Waals surface area contributed by atoms with E-state index in [0.717, 1.165) is 49.9 Å². The number of aromatic nitrogens is 2. The largest absolute Gasteiger partial charge is 0.466 e. The fourth-order valence-corrected chi connectivity index (χ4v) is 8.42. The highest BCUT2D eigenvalue weighted by Crippen LogP contribution is 2.43. The summed E-state index contributed by atoms with van der Waals surface area (Å²) in [5.41, 5.74) is 13.3. The van der Waals surface area contributed by atoms with Crippen LogP contribution in [0.15, 0.2) is 180 Å². The molecule has 4 heteroatoms. The van der Waals surface area contributed by atoms with Crippen LogP contribution in [-0.2, 0) is 0 Å². The van der Waals surface area contributed by atoms with Crippen LogP contribution in [0.4, 0.5) is 5.69 Å². The molecule has 8 aromatic carbocycles. The van der Waals surface area contributed by atoms with Gasteiger partial charge in [-0.2, -0.15) is 0 Å². The lowest BCUT2D eigenvalue weighted by atomic mass is 10.00. The first-order chi connectivity index (χ1) is 26.3. The third-order valence-electron chi connectivity index (χ3n) is 10.8. The fourth-order valence-electron chi connectivity index (χ4n) is 8.42. The SMILES string of the molecule is [C-]#[N+]c1cccc2c1oc1c(-c3ccccc3-n3c4ccccc4c4cc(-c5ccc6c(c5)c5ccccc5n6-c5ccccc5)ccc43)cccc12. The molecule has 0 spiro atoms. The molecule has 11 aromatic rings. The summed E-state index contributed by atoms with van der Waals surface area (Å²) in [6, 6.07) is 62.3. The lowest BCUT2D eigenvalue weighted by Crippen LogP contribution is -1.97. The predicted octanol–water partition coefficient (Wildman–Crippen LogP) is 13.7. The second-order valence-corrected chi connectivity index (χ2v) is 13.6. The van der Waals surface area contributed by atoms with Crippen molar-refractivity contribution in [1.29, 1.82) is 0 Å². The number of hydrogen-bond donors (Lipinski definition) is 0. The highest BCUT2D eigenvalue weighted by atomic mass is 16.3. The predicted molar refractivity (Wildman–Crippen MR) is 220 cm³/mol. The van der Waals surface area contributed by atoms with Crippen molar-refractivity contribution in [2.75, 3.05) is 0 Å². The number of hydrogen-bond acceptors (Lipinski definition) is 1. The number of rotatable bonds is 4. The van der Waals surface area contributed by atoms with Gasteiger partial charge in [0.15, 0.2) is 0 Å². The van der Waals surface area contributed by atoms with Gasteiger partial charge in [-0.25, -0.2) is 4.85 Å². The van der Waals surface area contributed by atoms with Crippen LogP contribution in [-0.4, -0.2) is 9.13 Å². The van der Waals surface area contributed by atoms with E-state index in [0.29, 0.717) is 11.3 Å². The molecule has 246 valence electrons. The second-order valence-electron chi connectivity index (χ2n) is 13.6. The summed E-state index contributed by atoms with van der Waals surface area (Å²) in [7, 11) is 0. The Labute approximate surface area is 304 Å². The van der Waals surface area contributed by atoms with Crippen molar-refractivity contribution in [2.45, 2.75) is 0 Å². The Morgan fingerprint density at radius 3 is 1.64 bits per heavy atom. The quantitative estimate of drug-likeness (QED) is 0.171. The van der Waals surface area contributed by atoms with Gasteiger partial charge in [0.25, 0.3) is 0 Å². The van der Waals surface area contributed by atoms with Crippen LogP contribution in [0.3, 0.4) is 0 Å². The molecule has 0 unspecified atom stereocenters. The molecule has 11 rings (SSSR count). The van der Waals surface area contributed by atoms with Gasteiger partial charge in [-0.05, 0) is 65.7 Å². The zero-order valence-electron chi connectivity index (χ0n) is 28.5. The van der Waals surface area contributed by atoms with Gasteiger partial charge >= 0.3 is 0 Å². The number of nitrogens with zero attached hydrogens (tertiary/aromatic N) is 3. The van der Waals surface area contributed by atoms with E-state index < -0.39 is 0 Å². The van der Waals surface area contributed by atoms with E-state index in [1.54, 1.807) is 0 Å². The zero-order valence-corrected chi connectivity index (χ0v) is 28.5. The zero-order chi connectivity index (χ0) is 35.0. The third-order valence-corrected chi connectivity index (χ3v) is 10.8. The Morgan fingerprint density at radius 1 is 0.396 bits per heavy atom. The Bertz CT molecular complexity index is 3300. The van der Waals surface area contributed by atoms with Crippen molar-refractivity contribution in [3.05, 3.63) is 187 Å². The lowest BCUT2D eigenvalue weighted by Gasteiger charge is -2.14. The molecule has 3 aromatic heterocycles. The summed E-state index contributed by atoms with van der Waals surface area (Å²) < 4.78 is 11.3. The first kappa shape index (κ1) is 29.4. The average Bonchev–Trinajstić information content (AvgIpc) is 3.88. The van der Waals surface area contributed by atoms with Gasteiger partial charge in [0, 0.05) is 49.1 Å². The van der Waals surface area contributed by atoms with Gasteiger partial charge in [-0.3, -0.25) is 0 Å². The van der Waals surface area contributed by atoms with Crippen molar-refractivity contribution >= 4 is 71.2 Å². The molecule has 0 saturated heterocycles. The average molecular weight is 676 g/mol. The van der Waals surface area contributed by atoms with E-state index in [4.69, 9.17) is 11.0 Å². The fraction of sp³-hybridized carbons (Fsp3) is 0. The first-order valence-corrected chi connectivity index (χ1v) is 17.8. The van der Waals surface area contributed by atoms with E-state index in [1.807, 2.05) is 18.2 Å². The molecular formula is C49H29N3O. The van der Waals surface area contributed by atoms with E-state index in [9.17, 15) is 0 Å². The minimum Gasteiger partial charge on any atom is -0.466 e. The molecule has 0 bridgehead atoms. The van der Waals surface area contributed by atoms with E-state index in [2.05, 4.69) is 172 Å². The van der Waals surface area contributed by atoms with Gasteiger partial charge < -0.3 is 13.6 Å². The Morgan fingerprint density at radius 2 is 0.925 bits per heavy atom. The highest BCUT2D eigenvalue weighted by molar-refractivity contribution is 6.15. The summed E-state index contributed by atoms with van der Waals surface area (Å²) >= 11 is 0. The van der Waals surface area contributed by atoms with Crippen LogP contribution in [0, 0.1) is 6.57 Å².